The van der Waals surface area contributed by atoms with Crippen LogP contribution in [0.15, 0.2) is 0 Å². The molecule has 2 aliphatic rings. The van der Waals surface area contributed by atoms with E-state index in [1.165, 1.54) is 25.7 Å². The second-order valence-corrected chi connectivity index (χ2v) is 3.99. The number of rotatable bonds is 0. The van der Waals surface area contributed by atoms with Gasteiger partial charge in [0.15, 0.2) is 0 Å². The van der Waals surface area contributed by atoms with E-state index in [1.807, 2.05) is 0 Å². The number of carbonyl (C=O) groups is 1. The Morgan fingerprint density at radius 2 is 1.92 bits per heavy atom. The molecule has 2 rings (SSSR count). The summed E-state index contributed by atoms with van der Waals surface area (Å²) in [6.45, 7) is 4.95. The monoisotopic (exact) mass is 184 g/mol. The molecule has 0 N–H and O–H groups in total. The summed E-state index contributed by atoms with van der Waals surface area (Å²) >= 11 is 0. The van der Waals surface area contributed by atoms with E-state index < -0.39 is 0 Å². The molecule has 0 amide bonds. The van der Waals surface area contributed by atoms with Crippen LogP contribution >= 0.6 is 0 Å². The third-order valence-electron chi connectivity index (χ3n) is 2.65. The van der Waals surface area contributed by atoms with Gasteiger partial charge in [0, 0.05) is 5.92 Å². The SMILES string of the molecule is CCC.O=C1OCC2CCCCC12. The minimum absolute atomic E-state index is 0.0599. The number of hydrogen-bond acceptors (Lipinski definition) is 2. The molecule has 76 valence electrons. The summed E-state index contributed by atoms with van der Waals surface area (Å²) in [6.07, 6.45) is 6.04. The van der Waals surface area contributed by atoms with Crippen LogP contribution < -0.4 is 0 Å². The van der Waals surface area contributed by atoms with E-state index in [1.54, 1.807) is 0 Å². The van der Waals surface area contributed by atoms with Gasteiger partial charge in [0.1, 0.15) is 0 Å². The Bertz CT molecular complexity index is 165. The summed E-state index contributed by atoms with van der Waals surface area (Å²) in [4.78, 5) is 11.0. The fraction of sp³-hybridized carbons (Fsp3) is 0.909. The van der Waals surface area contributed by atoms with Crippen molar-refractivity contribution >= 4 is 5.97 Å². The lowest BCUT2D eigenvalue weighted by atomic mass is 9.81. The highest BCUT2D eigenvalue weighted by Gasteiger charge is 2.37. The quantitative estimate of drug-likeness (QED) is 0.541. The zero-order valence-corrected chi connectivity index (χ0v) is 8.71. The molecule has 1 saturated carbocycles. The smallest absolute Gasteiger partial charge is 0.309 e. The zero-order chi connectivity index (χ0) is 9.68. The summed E-state index contributed by atoms with van der Waals surface area (Å²) in [5.41, 5.74) is 0. The largest absolute Gasteiger partial charge is 0.465 e. The Balaban J connectivity index is 0.000000251. The average Bonchev–Trinajstić information content (AvgIpc) is 2.50. The van der Waals surface area contributed by atoms with Gasteiger partial charge in [-0.25, -0.2) is 0 Å². The molecule has 2 heteroatoms. The van der Waals surface area contributed by atoms with Crippen LogP contribution in [0.25, 0.3) is 0 Å². The van der Waals surface area contributed by atoms with Crippen LogP contribution in [-0.2, 0) is 9.53 Å². The van der Waals surface area contributed by atoms with E-state index in [-0.39, 0.29) is 11.9 Å². The van der Waals surface area contributed by atoms with Gasteiger partial charge < -0.3 is 4.74 Å². The second kappa shape index (κ2) is 5.25. The molecule has 2 unspecified atom stereocenters. The van der Waals surface area contributed by atoms with Crippen LogP contribution in [0.2, 0.25) is 0 Å². The van der Waals surface area contributed by atoms with Crippen LogP contribution in [0.5, 0.6) is 0 Å². The van der Waals surface area contributed by atoms with Crippen LogP contribution in [-0.4, -0.2) is 12.6 Å². The van der Waals surface area contributed by atoms with Crippen molar-refractivity contribution < 1.29 is 9.53 Å². The van der Waals surface area contributed by atoms with Crippen molar-refractivity contribution in [3.8, 4) is 0 Å². The van der Waals surface area contributed by atoms with Gasteiger partial charge in [-0.2, -0.15) is 0 Å². The number of carbonyl (C=O) groups excluding carboxylic acids is 1. The Hall–Kier alpha value is -0.530. The first kappa shape index (κ1) is 10.6. The highest BCUT2D eigenvalue weighted by molar-refractivity contribution is 5.74. The van der Waals surface area contributed by atoms with Crippen LogP contribution in [0.3, 0.4) is 0 Å². The number of hydrogen-bond donors (Lipinski definition) is 0. The van der Waals surface area contributed by atoms with E-state index in [4.69, 9.17) is 4.74 Å². The molecule has 1 saturated heterocycles. The van der Waals surface area contributed by atoms with Gasteiger partial charge in [-0.05, 0) is 12.8 Å². The zero-order valence-electron chi connectivity index (χ0n) is 8.71. The Morgan fingerprint density at radius 1 is 1.31 bits per heavy atom. The van der Waals surface area contributed by atoms with Gasteiger partial charge in [-0.15, -0.1) is 0 Å². The molecule has 1 heterocycles. The van der Waals surface area contributed by atoms with Crippen LogP contribution in [0, 0.1) is 11.8 Å². The Morgan fingerprint density at radius 3 is 2.54 bits per heavy atom. The fourth-order valence-corrected chi connectivity index (χ4v) is 2.01. The van der Waals surface area contributed by atoms with Gasteiger partial charge >= 0.3 is 5.97 Å². The molecule has 2 nitrogen and oxygen atoms in total. The van der Waals surface area contributed by atoms with Gasteiger partial charge in [0.25, 0.3) is 0 Å². The van der Waals surface area contributed by atoms with Crippen molar-refractivity contribution in [2.75, 3.05) is 6.61 Å². The highest BCUT2D eigenvalue weighted by Crippen LogP contribution is 2.35. The van der Waals surface area contributed by atoms with E-state index in [9.17, 15) is 4.79 Å². The third-order valence-corrected chi connectivity index (χ3v) is 2.65. The van der Waals surface area contributed by atoms with Crippen molar-refractivity contribution in [2.24, 2.45) is 11.8 Å². The first-order valence-electron chi connectivity index (χ1n) is 5.46. The van der Waals surface area contributed by atoms with Crippen molar-refractivity contribution in [3.63, 3.8) is 0 Å². The molecule has 0 aromatic heterocycles. The fourth-order valence-electron chi connectivity index (χ4n) is 2.01. The summed E-state index contributed by atoms with van der Waals surface area (Å²) < 4.78 is 4.96. The van der Waals surface area contributed by atoms with E-state index in [2.05, 4.69) is 13.8 Å². The molecule has 1 aliphatic carbocycles. The molecular formula is C11H20O2. The molecule has 13 heavy (non-hydrogen) atoms. The minimum Gasteiger partial charge on any atom is -0.465 e. The topological polar surface area (TPSA) is 26.3 Å². The normalized spacial score (nSPS) is 31.4. The first-order chi connectivity index (χ1) is 6.29. The number of fused-ring (bicyclic) bond motifs is 1. The molecule has 2 fully saturated rings. The average molecular weight is 184 g/mol. The molecule has 0 aromatic rings. The molecule has 1 aliphatic heterocycles. The van der Waals surface area contributed by atoms with Gasteiger partial charge in [-0.3, -0.25) is 4.79 Å². The predicted molar refractivity (Wildman–Crippen MR) is 52.4 cm³/mol. The first-order valence-corrected chi connectivity index (χ1v) is 5.46. The molecule has 0 aromatic carbocycles. The summed E-state index contributed by atoms with van der Waals surface area (Å²) in [5, 5.41) is 0. The number of ether oxygens (including phenoxy) is 1. The summed E-state index contributed by atoms with van der Waals surface area (Å²) in [6, 6.07) is 0. The second-order valence-electron chi connectivity index (χ2n) is 3.99. The van der Waals surface area contributed by atoms with Gasteiger partial charge in [-0.1, -0.05) is 33.1 Å². The maximum atomic E-state index is 11.0. The molecule has 2 atom stereocenters. The predicted octanol–water partition coefficient (Wildman–Crippen LogP) is 2.77. The van der Waals surface area contributed by atoms with Crippen molar-refractivity contribution in [2.45, 2.75) is 46.0 Å². The molecule has 0 radical (unpaired) electrons. The van der Waals surface area contributed by atoms with Crippen molar-refractivity contribution in [3.05, 3.63) is 0 Å². The minimum atomic E-state index is 0.0599. The standard InChI is InChI=1S/C8H12O2.C3H8/c9-8-7-4-2-1-3-6(7)5-10-8;1-3-2/h6-7H,1-5H2;3H2,1-2H3. The lowest BCUT2D eigenvalue weighted by molar-refractivity contribution is -0.141. The Labute approximate surface area is 80.7 Å². The van der Waals surface area contributed by atoms with Crippen LogP contribution in [0.4, 0.5) is 0 Å². The van der Waals surface area contributed by atoms with Crippen molar-refractivity contribution in [1.29, 1.82) is 0 Å². The lowest BCUT2D eigenvalue weighted by Gasteiger charge is -2.19. The maximum Gasteiger partial charge on any atom is 0.309 e. The van der Waals surface area contributed by atoms with Crippen LogP contribution in [0.1, 0.15) is 46.0 Å². The Kier molecular flexibility index (Phi) is 4.26. The van der Waals surface area contributed by atoms with E-state index in [0.29, 0.717) is 12.5 Å². The third kappa shape index (κ3) is 2.71. The van der Waals surface area contributed by atoms with E-state index in [0.717, 1.165) is 6.42 Å². The summed E-state index contributed by atoms with van der Waals surface area (Å²) in [7, 11) is 0. The lowest BCUT2D eigenvalue weighted by Crippen LogP contribution is -2.19. The highest BCUT2D eigenvalue weighted by atomic mass is 16.5. The number of cyclic esters (lactones) is 1. The van der Waals surface area contributed by atoms with Crippen molar-refractivity contribution in [1.82, 2.24) is 0 Å². The molecular weight excluding hydrogens is 164 g/mol. The van der Waals surface area contributed by atoms with E-state index >= 15 is 0 Å². The van der Waals surface area contributed by atoms with Gasteiger partial charge in [0.05, 0.1) is 12.5 Å². The molecule has 0 bridgehead atoms. The molecule has 0 spiro atoms. The van der Waals surface area contributed by atoms with Gasteiger partial charge in [0.2, 0.25) is 0 Å². The summed E-state index contributed by atoms with van der Waals surface area (Å²) in [5.74, 6) is 0.903. The number of esters is 1. The maximum absolute atomic E-state index is 11.0.